The monoisotopic (exact) mass is 315 g/mol. The van der Waals surface area contributed by atoms with Crippen molar-refractivity contribution in [1.82, 2.24) is 5.32 Å². The van der Waals surface area contributed by atoms with Crippen molar-refractivity contribution in [2.24, 2.45) is 5.92 Å². The summed E-state index contributed by atoms with van der Waals surface area (Å²) in [5.74, 6) is 0.755. The molecule has 0 spiro atoms. The molecule has 3 nitrogen and oxygen atoms in total. The summed E-state index contributed by atoms with van der Waals surface area (Å²) in [5.41, 5.74) is 0. The topological polar surface area (TPSA) is 49.3 Å². The molecular weight excluding hydrogens is 294 g/mol. The Hall–Kier alpha value is -0.0505. The van der Waals surface area contributed by atoms with Crippen molar-refractivity contribution in [3.63, 3.8) is 0 Å². The van der Waals surface area contributed by atoms with Crippen LogP contribution in [0.2, 0.25) is 0 Å². The van der Waals surface area contributed by atoms with Crippen LogP contribution in [0.4, 0.5) is 0 Å². The second kappa shape index (κ2) is 11.6. The number of hydrogen-bond donors (Lipinski definition) is 2. The molecule has 2 saturated carbocycles. The van der Waals surface area contributed by atoms with E-state index in [1.54, 1.807) is 12.8 Å². The number of nitrogens with one attached hydrogen (secondary N) is 1. The third kappa shape index (κ3) is 7.66. The van der Waals surface area contributed by atoms with Crippen molar-refractivity contribution in [1.29, 1.82) is 0 Å². The van der Waals surface area contributed by atoms with Crippen LogP contribution in [0.25, 0.3) is 0 Å². The zero-order valence-corrected chi connectivity index (χ0v) is 12.9. The Morgan fingerprint density at radius 2 is 1.50 bits per heavy atom. The fourth-order valence-corrected chi connectivity index (χ4v) is 1.52. The maximum absolute atomic E-state index is 11.6. The van der Waals surface area contributed by atoms with E-state index in [0.717, 1.165) is 0 Å². The van der Waals surface area contributed by atoms with Gasteiger partial charge >= 0.3 is 17.1 Å². The van der Waals surface area contributed by atoms with Gasteiger partial charge in [-0.3, -0.25) is 4.79 Å². The van der Waals surface area contributed by atoms with Crippen LogP contribution in [-0.2, 0) is 21.9 Å². The number of amides is 1. The van der Waals surface area contributed by atoms with E-state index in [2.05, 4.69) is 5.32 Å². The van der Waals surface area contributed by atoms with E-state index in [9.17, 15) is 4.79 Å². The SMILES string of the molecule is CC(C)[C@@H](CO)NC(=O)[C]1[CH][CH][CH][CH]1.[CH]1[CH][CH][CH][CH]1.[Fe+2]. The molecule has 0 bridgehead atoms. The van der Waals surface area contributed by atoms with Gasteiger partial charge in [0, 0.05) is 0 Å². The molecule has 2 aliphatic carbocycles. The van der Waals surface area contributed by atoms with Gasteiger partial charge in [-0.1, -0.05) is 13.8 Å². The molecule has 0 aromatic carbocycles. The first kappa shape index (κ1) is 19.9. The molecule has 0 saturated heterocycles. The van der Waals surface area contributed by atoms with E-state index in [1.807, 2.05) is 58.8 Å². The van der Waals surface area contributed by atoms with E-state index in [-0.39, 0.29) is 41.5 Å². The number of aliphatic hydroxyl groups is 1. The zero-order chi connectivity index (χ0) is 14.1. The van der Waals surface area contributed by atoms with Crippen LogP contribution < -0.4 is 5.32 Å². The summed E-state index contributed by atoms with van der Waals surface area (Å²) < 4.78 is 0. The maximum atomic E-state index is 11.6. The van der Waals surface area contributed by atoms with Crippen LogP contribution >= 0.6 is 0 Å². The summed E-state index contributed by atoms with van der Waals surface area (Å²) in [4.78, 5) is 11.6. The number of rotatable bonds is 4. The Balaban J connectivity index is 0.000000507. The molecule has 108 valence electrons. The van der Waals surface area contributed by atoms with Crippen LogP contribution in [0.5, 0.6) is 0 Å². The van der Waals surface area contributed by atoms with Gasteiger partial charge in [0.05, 0.1) is 18.6 Å². The minimum atomic E-state index is -0.169. The standard InChI is InChI=1S/C11H16NO2.C5H5.Fe/c1-8(2)10(7-13)12-11(14)9-5-3-4-6-9;1-2-4-5-3-1;/h3-6,8,10,13H,7H2,1-2H3,(H,12,14);1-5H;/q;;+2/t10-;;/m1../s1. The summed E-state index contributed by atoms with van der Waals surface area (Å²) in [5, 5.41) is 11.8. The Labute approximate surface area is 134 Å². The summed E-state index contributed by atoms with van der Waals surface area (Å²) in [6, 6.07) is -0.169. The maximum Gasteiger partial charge on any atom is 2.00 e. The molecule has 0 heterocycles. The second-order valence-corrected chi connectivity index (χ2v) is 4.64. The molecule has 1 amide bonds. The van der Waals surface area contributed by atoms with E-state index in [4.69, 9.17) is 5.11 Å². The normalized spacial score (nSPS) is 20.0. The molecular formula is C16H21FeNO2+2. The molecule has 4 heteroatoms. The molecule has 1 atom stereocenters. The molecule has 0 aromatic heterocycles. The van der Waals surface area contributed by atoms with Crippen molar-refractivity contribution >= 4 is 5.91 Å². The molecule has 2 N–H and O–H groups in total. The Morgan fingerprint density at radius 3 is 1.85 bits per heavy atom. The summed E-state index contributed by atoms with van der Waals surface area (Å²) in [6.07, 6.45) is 17.1. The summed E-state index contributed by atoms with van der Waals surface area (Å²) in [6.45, 7) is 3.91. The van der Waals surface area contributed by atoms with Gasteiger partial charge in [0.2, 0.25) is 5.91 Å². The average molecular weight is 315 g/mol. The molecule has 0 unspecified atom stereocenters. The van der Waals surface area contributed by atoms with Crippen LogP contribution in [-0.4, -0.2) is 23.7 Å². The molecule has 0 aliphatic heterocycles. The van der Waals surface area contributed by atoms with Gasteiger partial charge in [-0.05, 0) is 63.7 Å². The molecule has 2 aliphatic rings. The van der Waals surface area contributed by atoms with Gasteiger partial charge in [0.15, 0.2) is 0 Å². The molecule has 2 fully saturated rings. The van der Waals surface area contributed by atoms with E-state index >= 15 is 0 Å². The van der Waals surface area contributed by atoms with E-state index in [1.165, 1.54) is 0 Å². The fraction of sp³-hybridized carbons (Fsp3) is 0.312. The number of aliphatic hydroxyl groups excluding tert-OH is 1. The average Bonchev–Trinajstić information content (AvgIpc) is 3.07. The first-order valence-corrected chi connectivity index (χ1v) is 6.45. The largest absolute Gasteiger partial charge is 2.00 e. The summed E-state index contributed by atoms with van der Waals surface area (Å²) in [7, 11) is 0. The van der Waals surface area contributed by atoms with Gasteiger partial charge < -0.3 is 10.4 Å². The van der Waals surface area contributed by atoms with Gasteiger partial charge in [0.25, 0.3) is 0 Å². The molecule has 20 heavy (non-hydrogen) atoms. The van der Waals surface area contributed by atoms with E-state index < -0.39 is 0 Å². The number of hydrogen-bond acceptors (Lipinski definition) is 2. The Morgan fingerprint density at radius 1 is 1.05 bits per heavy atom. The third-order valence-corrected chi connectivity index (χ3v) is 2.80. The van der Waals surface area contributed by atoms with Crippen LogP contribution in [0.3, 0.4) is 0 Å². The smallest absolute Gasteiger partial charge is 0.394 e. The quantitative estimate of drug-likeness (QED) is 0.773. The van der Waals surface area contributed by atoms with Gasteiger partial charge in [-0.15, -0.1) is 0 Å². The fourth-order valence-electron chi connectivity index (χ4n) is 1.52. The molecule has 2 rings (SSSR count). The Bertz CT molecular complexity index is 241. The van der Waals surface area contributed by atoms with E-state index in [0.29, 0.717) is 5.92 Å². The Kier molecular flexibility index (Phi) is 11.6. The third-order valence-electron chi connectivity index (χ3n) is 2.80. The predicted octanol–water partition coefficient (Wildman–Crippen LogP) is 1.54. The van der Waals surface area contributed by atoms with Gasteiger partial charge in [-0.25, -0.2) is 0 Å². The van der Waals surface area contributed by atoms with Crippen molar-refractivity contribution in [3.8, 4) is 0 Å². The van der Waals surface area contributed by atoms with Crippen LogP contribution in [0.15, 0.2) is 0 Å². The first-order valence-electron chi connectivity index (χ1n) is 6.45. The van der Waals surface area contributed by atoms with Gasteiger partial charge in [0.1, 0.15) is 0 Å². The van der Waals surface area contributed by atoms with Crippen molar-refractivity contribution in [2.75, 3.05) is 6.61 Å². The minimum Gasteiger partial charge on any atom is -0.394 e. The number of carbonyl (C=O) groups is 1. The van der Waals surface area contributed by atoms with Crippen LogP contribution in [0, 0.1) is 69.6 Å². The summed E-state index contributed by atoms with van der Waals surface area (Å²) >= 11 is 0. The van der Waals surface area contributed by atoms with Gasteiger partial charge in [-0.2, -0.15) is 0 Å². The van der Waals surface area contributed by atoms with Crippen molar-refractivity contribution in [2.45, 2.75) is 19.9 Å². The molecule has 0 aromatic rings. The first-order chi connectivity index (χ1) is 9.15. The minimum absolute atomic E-state index is 0. The van der Waals surface area contributed by atoms with Crippen LogP contribution in [0.1, 0.15) is 13.8 Å². The number of carbonyl (C=O) groups excluding carboxylic acids is 1. The second-order valence-electron chi connectivity index (χ2n) is 4.64. The zero-order valence-electron chi connectivity index (χ0n) is 11.8. The van der Waals surface area contributed by atoms with Crippen molar-refractivity contribution in [3.05, 3.63) is 63.7 Å². The predicted molar refractivity (Wildman–Crippen MR) is 75.8 cm³/mol. The van der Waals surface area contributed by atoms with Crippen molar-refractivity contribution < 1.29 is 27.0 Å². The molecule has 10 radical (unpaired) electrons.